The predicted molar refractivity (Wildman–Crippen MR) is 132 cm³/mol. The Balaban J connectivity index is 1.59. The van der Waals surface area contributed by atoms with Crippen molar-refractivity contribution in [2.24, 2.45) is 0 Å². The van der Waals surface area contributed by atoms with Crippen molar-refractivity contribution >= 4 is 23.6 Å². The Morgan fingerprint density at radius 1 is 0.806 bits per heavy atom. The number of ether oxygens (including phenoxy) is 4. The van der Waals surface area contributed by atoms with Gasteiger partial charge in [-0.05, 0) is 59.7 Å². The van der Waals surface area contributed by atoms with Crippen LogP contribution >= 0.6 is 0 Å². The first kappa shape index (κ1) is 26.2. The zero-order valence-corrected chi connectivity index (χ0v) is 19.8. The molecule has 0 unspecified atom stereocenters. The van der Waals surface area contributed by atoms with Gasteiger partial charge in [0.1, 0.15) is 5.75 Å². The molecule has 9 heteroatoms. The molecule has 0 fully saturated rings. The van der Waals surface area contributed by atoms with Gasteiger partial charge in [0.25, 0.3) is 0 Å². The van der Waals surface area contributed by atoms with Crippen LogP contribution in [-0.2, 0) is 0 Å². The third-order valence-corrected chi connectivity index (χ3v) is 4.92. The lowest BCUT2D eigenvalue weighted by Crippen LogP contribution is -2.17. The van der Waals surface area contributed by atoms with E-state index in [-0.39, 0.29) is 17.1 Å². The molecule has 0 aliphatic rings. The molecule has 0 spiro atoms. The first-order chi connectivity index (χ1) is 17.2. The maximum absolute atomic E-state index is 12.2. The summed E-state index contributed by atoms with van der Waals surface area (Å²) in [6.45, 7) is 0. The minimum Gasteiger partial charge on any atom is -0.493 e. The zero-order valence-electron chi connectivity index (χ0n) is 19.8. The Morgan fingerprint density at radius 3 is 1.92 bits per heavy atom. The summed E-state index contributed by atoms with van der Waals surface area (Å²) in [5, 5.41) is 2.99. The van der Waals surface area contributed by atoms with Crippen LogP contribution in [0.3, 0.4) is 0 Å². The lowest BCUT2D eigenvalue weighted by Gasteiger charge is -2.12. The number of alkyl halides is 3. The van der Waals surface area contributed by atoms with Crippen molar-refractivity contribution in [3.05, 3.63) is 89.6 Å². The first-order valence-electron chi connectivity index (χ1n) is 10.6. The molecule has 0 amide bonds. The van der Waals surface area contributed by atoms with Gasteiger partial charge in [-0.3, -0.25) is 4.79 Å². The number of nitrogens with one attached hydrogen (secondary N) is 1. The van der Waals surface area contributed by atoms with Gasteiger partial charge in [-0.15, -0.1) is 13.2 Å². The highest BCUT2D eigenvalue weighted by atomic mass is 19.4. The Labute approximate surface area is 206 Å². The highest BCUT2D eigenvalue weighted by Crippen LogP contribution is 2.38. The van der Waals surface area contributed by atoms with Crippen molar-refractivity contribution in [1.82, 2.24) is 0 Å². The van der Waals surface area contributed by atoms with Gasteiger partial charge in [0.2, 0.25) is 5.75 Å². The summed E-state index contributed by atoms with van der Waals surface area (Å²) in [5.74, 6) is 0.879. The summed E-state index contributed by atoms with van der Waals surface area (Å²) < 4.78 is 56.6. The molecule has 3 aromatic carbocycles. The molecule has 0 heterocycles. The number of carbonyl (C=O) groups is 1. The standard InChI is InChI=1S/C27H24F3NO5/c1-33-24-16-19(17-25(34-2)26(24)35-3)5-4-18-6-10-21(11-7-18)31-15-14-23(32)20-8-12-22(13-9-20)36-27(28,29)30/h4-17,31H,1-3H3/b5-4-,15-14-. The van der Waals surface area contributed by atoms with Crippen LogP contribution in [-0.4, -0.2) is 33.5 Å². The number of hydrogen-bond donors (Lipinski definition) is 1. The van der Waals surface area contributed by atoms with E-state index < -0.39 is 6.36 Å². The number of halogens is 3. The summed E-state index contributed by atoms with van der Waals surface area (Å²) in [4.78, 5) is 12.2. The topological polar surface area (TPSA) is 66.0 Å². The Bertz CT molecular complexity index is 1210. The molecule has 188 valence electrons. The van der Waals surface area contributed by atoms with E-state index in [1.54, 1.807) is 21.3 Å². The molecule has 0 saturated heterocycles. The molecular weight excluding hydrogens is 475 g/mol. The second-order valence-electron chi connectivity index (χ2n) is 7.33. The molecule has 0 aliphatic carbocycles. The number of ketones is 1. The quantitative estimate of drug-likeness (QED) is 0.193. The average Bonchev–Trinajstić information content (AvgIpc) is 2.86. The Hall–Kier alpha value is -4.40. The minimum absolute atomic E-state index is 0.231. The van der Waals surface area contributed by atoms with Crippen LogP contribution in [0, 0.1) is 0 Å². The van der Waals surface area contributed by atoms with Crippen LogP contribution in [0.15, 0.2) is 72.9 Å². The van der Waals surface area contributed by atoms with Crippen molar-refractivity contribution in [1.29, 1.82) is 0 Å². The smallest absolute Gasteiger partial charge is 0.493 e. The van der Waals surface area contributed by atoms with E-state index in [2.05, 4.69) is 10.1 Å². The van der Waals surface area contributed by atoms with Crippen LogP contribution in [0.4, 0.5) is 18.9 Å². The van der Waals surface area contributed by atoms with Gasteiger partial charge >= 0.3 is 6.36 Å². The maximum Gasteiger partial charge on any atom is 0.573 e. The minimum atomic E-state index is -4.78. The van der Waals surface area contributed by atoms with E-state index >= 15 is 0 Å². The van der Waals surface area contributed by atoms with Crippen molar-refractivity contribution in [3.63, 3.8) is 0 Å². The normalized spacial score (nSPS) is 11.5. The second-order valence-corrected chi connectivity index (χ2v) is 7.33. The summed E-state index contributed by atoms with van der Waals surface area (Å²) >= 11 is 0. The second kappa shape index (κ2) is 11.8. The maximum atomic E-state index is 12.2. The molecule has 0 atom stereocenters. The summed E-state index contributed by atoms with van der Waals surface area (Å²) in [7, 11) is 4.66. The Kier molecular flexibility index (Phi) is 8.61. The van der Waals surface area contributed by atoms with Gasteiger partial charge in [-0.2, -0.15) is 0 Å². The number of methoxy groups -OCH3 is 3. The molecule has 0 aliphatic heterocycles. The number of rotatable bonds is 10. The SMILES string of the molecule is COc1cc(/C=C\c2ccc(N/C=C\C(=O)c3ccc(OC(F)(F)F)cc3)cc2)cc(OC)c1OC. The third kappa shape index (κ3) is 7.30. The average molecular weight is 499 g/mol. The summed E-state index contributed by atoms with van der Waals surface area (Å²) in [5.41, 5.74) is 2.79. The molecule has 0 saturated carbocycles. The van der Waals surface area contributed by atoms with Crippen molar-refractivity contribution in [2.45, 2.75) is 6.36 Å². The highest BCUT2D eigenvalue weighted by Gasteiger charge is 2.31. The number of anilines is 1. The zero-order chi connectivity index (χ0) is 26.1. The van der Waals surface area contributed by atoms with Gasteiger partial charge in [0.15, 0.2) is 17.3 Å². The molecule has 1 N–H and O–H groups in total. The molecule has 0 bridgehead atoms. The van der Waals surface area contributed by atoms with Gasteiger partial charge in [0, 0.05) is 23.5 Å². The van der Waals surface area contributed by atoms with Crippen LogP contribution in [0.5, 0.6) is 23.0 Å². The van der Waals surface area contributed by atoms with Crippen LogP contribution in [0.2, 0.25) is 0 Å². The Morgan fingerprint density at radius 2 is 1.39 bits per heavy atom. The number of allylic oxidation sites excluding steroid dienone is 1. The molecule has 0 aromatic heterocycles. The summed E-state index contributed by atoms with van der Waals surface area (Å²) in [6, 6.07) is 15.9. The third-order valence-electron chi connectivity index (χ3n) is 4.92. The van der Waals surface area contributed by atoms with Gasteiger partial charge in [-0.25, -0.2) is 0 Å². The van der Waals surface area contributed by atoms with Gasteiger partial charge in [-0.1, -0.05) is 24.3 Å². The van der Waals surface area contributed by atoms with Crippen LogP contribution in [0.25, 0.3) is 12.2 Å². The number of carbonyl (C=O) groups excluding carboxylic acids is 1. The van der Waals surface area contributed by atoms with Crippen LogP contribution in [0.1, 0.15) is 21.5 Å². The van der Waals surface area contributed by atoms with E-state index in [4.69, 9.17) is 14.2 Å². The van der Waals surface area contributed by atoms with Crippen molar-refractivity contribution in [2.75, 3.05) is 26.6 Å². The van der Waals surface area contributed by atoms with Crippen molar-refractivity contribution < 1.29 is 36.9 Å². The molecule has 0 radical (unpaired) electrons. The lowest BCUT2D eigenvalue weighted by atomic mass is 10.1. The molecule has 6 nitrogen and oxygen atoms in total. The number of benzene rings is 3. The fraction of sp³-hybridized carbons (Fsp3) is 0.148. The van der Waals surface area contributed by atoms with Crippen molar-refractivity contribution in [3.8, 4) is 23.0 Å². The fourth-order valence-corrected chi connectivity index (χ4v) is 3.21. The molecule has 36 heavy (non-hydrogen) atoms. The van der Waals surface area contributed by atoms with E-state index in [0.717, 1.165) is 28.9 Å². The first-order valence-corrected chi connectivity index (χ1v) is 10.6. The lowest BCUT2D eigenvalue weighted by molar-refractivity contribution is -0.274. The predicted octanol–water partition coefficient (Wildman–Crippen LogP) is 6.59. The van der Waals surface area contributed by atoms with E-state index in [1.165, 1.54) is 24.4 Å². The molecule has 3 rings (SSSR count). The van der Waals surface area contributed by atoms with E-state index in [9.17, 15) is 18.0 Å². The monoisotopic (exact) mass is 499 g/mol. The summed E-state index contributed by atoms with van der Waals surface area (Å²) in [6.07, 6.45) is 1.81. The van der Waals surface area contributed by atoms with Crippen LogP contribution < -0.4 is 24.3 Å². The van der Waals surface area contributed by atoms with Gasteiger partial charge in [0.05, 0.1) is 21.3 Å². The number of hydrogen-bond acceptors (Lipinski definition) is 6. The van der Waals surface area contributed by atoms with E-state index in [0.29, 0.717) is 17.2 Å². The molecule has 3 aromatic rings. The fourth-order valence-electron chi connectivity index (χ4n) is 3.21. The van der Waals surface area contributed by atoms with E-state index in [1.807, 2.05) is 48.6 Å². The highest BCUT2D eigenvalue weighted by molar-refractivity contribution is 6.04. The largest absolute Gasteiger partial charge is 0.573 e. The molecular formula is C27H24F3NO5. The van der Waals surface area contributed by atoms with Gasteiger partial charge < -0.3 is 24.3 Å².